The Morgan fingerprint density at radius 1 is 1.04 bits per heavy atom. The number of aryl methyl sites for hydroxylation is 2. The van der Waals surface area contributed by atoms with Crippen LogP contribution in [0.1, 0.15) is 16.8 Å². The summed E-state index contributed by atoms with van der Waals surface area (Å²) in [5.74, 6) is 1.50. The number of hydrogen-bond donors (Lipinski definition) is 1. The van der Waals surface area contributed by atoms with Crippen LogP contribution in [0.3, 0.4) is 0 Å². The summed E-state index contributed by atoms with van der Waals surface area (Å²) in [5.41, 5.74) is 5.54. The Labute approximate surface area is 152 Å². The molecule has 0 aliphatic carbocycles. The molecule has 0 radical (unpaired) electrons. The number of hydrogen-bond acceptors (Lipinski definition) is 4. The first-order valence-corrected chi connectivity index (χ1v) is 8.72. The average Bonchev–Trinajstić information content (AvgIpc) is 3.02. The summed E-state index contributed by atoms with van der Waals surface area (Å²) in [6.07, 6.45) is 1.04. The molecule has 0 unspecified atom stereocenters. The van der Waals surface area contributed by atoms with Gasteiger partial charge in [-0.15, -0.1) is 0 Å². The van der Waals surface area contributed by atoms with Gasteiger partial charge in [0, 0.05) is 34.7 Å². The minimum Gasteiger partial charge on any atom is -0.326 e. The molecule has 4 nitrogen and oxygen atoms in total. The average molecular weight is 351 g/mol. The van der Waals surface area contributed by atoms with Crippen LogP contribution in [0.2, 0.25) is 5.02 Å². The van der Waals surface area contributed by atoms with E-state index in [1.807, 2.05) is 38.1 Å². The van der Waals surface area contributed by atoms with Crippen LogP contribution in [0.4, 0.5) is 23.1 Å². The van der Waals surface area contributed by atoms with Crippen LogP contribution in [0.15, 0.2) is 48.5 Å². The predicted octanol–water partition coefficient (Wildman–Crippen LogP) is 5.18. The fourth-order valence-electron chi connectivity index (χ4n) is 3.17. The van der Waals surface area contributed by atoms with Crippen molar-refractivity contribution in [3.8, 4) is 0 Å². The molecule has 1 N–H and O–H groups in total. The number of fused-ring (bicyclic) bond motifs is 1. The maximum atomic E-state index is 6.12. The molecule has 1 aliphatic rings. The lowest BCUT2D eigenvalue weighted by Crippen LogP contribution is -2.16. The molecular weight excluding hydrogens is 332 g/mol. The number of halogens is 1. The third-order valence-electron chi connectivity index (χ3n) is 4.45. The standard InChI is InChI=1S/C20H19ClN4/c1-13-7-8-16(21)12-17(13)23-20-22-14(2)11-19(24-20)25-10-9-15-5-3-4-6-18(15)25/h3-8,11-12H,9-10H2,1-2H3,(H,22,23,24). The second-order valence-electron chi connectivity index (χ2n) is 6.31. The summed E-state index contributed by atoms with van der Waals surface area (Å²) >= 11 is 6.12. The monoisotopic (exact) mass is 350 g/mol. The summed E-state index contributed by atoms with van der Waals surface area (Å²) in [7, 11) is 0. The lowest BCUT2D eigenvalue weighted by molar-refractivity contribution is 0.959. The van der Waals surface area contributed by atoms with Gasteiger partial charge in [-0.25, -0.2) is 4.98 Å². The van der Waals surface area contributed by atoms with Crippen LogP contribution >= 0.6 is 11.6 Å². The second-order valence-corrected chi connectivity index (χ2v) is 6.74. The summed E-state index contributed by atoms with van der Waals surface area (Å²) in [6.45, 7) is 4.96. The quantitative estimate of drug-likeness (QED) is 0.706. The van der Waals surface area contributed by atoms with Gasteiger partial charge >= 0.3 is 0 Å². The van der Waals surface area contributed by atoms with Gasteiger partial charge in [-0.05, 0) is 49.6 Å². The fourth-order valence-corrected chi connectivity index (χ4v) is 3.34. The highest BCUT2D eigenvalue weighted by molar-refractivity contribution is 6.30. The zero-order valence-corrected chi connectivity index (χ0v) is 15.0. The predicted molar refractivity (Wildman–Crippen MR) is 103 cm³/mol. The summed E-state index contributed by atoms with van der Waals surface area (Å²) in [5, 5.41) is 4.00. The highest BCUT2D eigenvalue weighted by Gasteiger charge is 2.21. The van der Waals surface area contributed by atoms with Crippen LogP contribution in [0, 0.1) is 13.8 Å². The van der Waals surface area contributed by atoms with Gasteiger partial charge in [0.2, 0.25) is 5.95 Å². The van der Waals surface area contributed by atoms with Crippen molar-refractivity contribution in [2.24, 2.45) is 0 Å². The molecular formula is C20H19ClN4. The molecule has 5 heteroatoms. The zero-order valence-electron chi connectivity index (χ0n) is 14.3. The fraction of sp³-hybridized carbons (Fsp3) is 0.200. The highest BCUT2D eigenvalue weighted by atomic mass is 35.5. The Kier molecular flexibility index (Phi) is 4.06. The van der Waals surface area contributed by atoms with Gasteiger partial charge in [-0.3, -0.25) is 0 Å². The van der Waals surface area contributed by atoms with Crippen LogP contribution in [0.5, 0.6) is 0 Å². The van der Waals surface area contributed by atoms with Crippen molar-refractivity contribution < 1.29 is 0 Å². The second kappa shape index (κ2) is 6.37. The first kappa shape index (κ1) is 15.9. The van der Waals surface area contributed by atoms with Gasteiger partial charge in [-0.2, -0.15) is 4.98 Å². The number of para-hydroxylation sites is 1. The Morgan fingerprint density at radius 2 is 1.88 bits per heavy atom. The molecule has 0 atom stereocenters. The largest absolute Gasteiger partial charge is 0.326 e. The van der Waals surface area contributed by atoms with Gasteiger partial charge in [0.15, 0.2) is 0 Å². The van der Waals surface area contributed by atoms with Crippen LogP contribution in [0.25, 0.3) is 0 Å². The molecule has 0 fully saturated rings. The van der Waals surface area contributed by atoms with Crippen molar-refractivity contribution >= 4 is 34.7 Å². The van der Waals surface area contributed by atoms with Crippen LogP contribution < -0.4 is 10.2 Å². The zero-order chi connectivity index (χ0) is 17.4. The molecule has 3 aromatic rings. The van der Waals surface area contributed by atoms with Crippen molar-refractivity contribution in [1.82, 2.24) is 9.97 Å². The first-order chi connectivity index (χ1) is 12.1. The Balaban J connectivity index is 1.69. The molecule has 1 aromatic heterocycles. The van der Waals surface area contributed by atoms with E-state index in [9.17, 15) is 0 Å². The van der Waals surface area contributed by atoms with E-state index < -0.39 is 0 Å². The van der Waals surface area contributed by atoms with Crippen molar-refractivity contribution in [3.05, 3.63) is 70.4 Å². The van der Waals surface area contributed by atoms with E-state index in [1.165, 1.54) is 11.3 Å². The highest BCUT2D eigenvalue weighted by Crippen LogP contribution is 2.34. The molecule has 4 rings (SSSR count). The number of nitrogens with one attached hydrogen (secondary N) is 1. The maximum absolute atomic E-state index is 6.12. The minimum absolute atomic E-state index is 0.588. The van der Waals surface area contributed by atoms with Gasteiger partial charge < -0.3 is 10.2 Å². The number of nitrogens with zero attached hydrogens (tertiary/aromatic N) is 3. The number of rotatable bonds is 3. The van der Waals surface area contributed by atoms with E-state index in [4.69, 9.17) is 16.6 Å². The molecule has 0 bridgehead atoms. The molecule has 1 aliphatic heterocycles. The third kappa shape index (κ3) is 3.17. The Bertz CT molecular complexity index is 939. The number of aromatic nitrogens is 2. The minimum atomic E-state index is 0.588. The van der Waals surface area contributed by atoms with Crippen molar-refractivity contribution in [2.45, 2.75) is 20.3 Å². The van der Waals surface area contributed by atoms with Crippen molar-refractivity contribution in [2.75, 3.05) is 16.8 Å². The third-order valence-corrected chi connectivity index (χ3v) is 4.69. The van der Waals surface area contributed by atoms with Crippen molar-refractivity contribution in [1.29, 1.82) is 0 Å². The number of anilines is 4. The molecule has 0 spiro atoms. The summed E-state index contributed by atoms with van der Waals surface area (Å²) in [4.78, 5) is 11.5. The van der Waals surface area contributed by atoms with E-state index in [-0.39, 0.29) is 0 Å². The van der Waals surface area contributed by atoms with E-state index in [0.29, 0.717) is 11.0 Å². The molecule has 2 heterocycles. The first-order valence-electron chi connectivity index (χ1n) is 8.34. The van der Waals surface area contributed by atoms with E-state index in [0.717, 1.165) is 35.7 Å². The maximum Gasteiger partial charge on any atom is 0.229 e. The van der Waals surface area contributed by atoms with Crippen molar-refractivity contribution in [3.63, 3.8) is 0 Å². The van der Waals surface area contributed by atoms with Crippen LogP contribution in [-0.4, -0.2) is 16.5 Å². The molecule has 126 valence electrons. The Hall–Kier alpha value is -2.59. The topological polar surface area (TPSA) is 41.1 Å². The van der Waals surface area contributed by atoms with Gasteiger partial charge in [0.05, 0.1) is 0 Å². The molecule has 2 aromatic carbocycles. The molecule has 0 amide bonds. The number of benzene rings is 2. The van der Waals surface area contributed by atoms with Crippen LogP contribution in [-0.2, 0) is 6.42 Å². The molecule has 25 heavy (non-hydrogen) atoms. The lowest BCUT2D eigenvalue weighted by Gasteiger charge is -2.20. The van der Waals surface area contributed by atoms with E-state index >= 15 is 0 Å². The van der Waals surface area contributed by atoms with E-state index in [1.54, 1.807) is 0 Å². The lowest BCUT2D eigenvalue weighted by atomic mass is 10.2. The normalized spacial score (nSPS) is 13.0. The van der Waals surface area contributed by atoms with Gasteiger partial charge in [-0.1, -0.05) is 35.9 Å². The van der Waals surface area contributed by atoms with E-state index in [2.05, 4.69) is 39.5 Å². The van der Waals surface area contributed by atoms with Gasteiger partial charge in [0.25, 0.3) is 0 Å². The summed E-state index contributed by atoms with van der Waals surface area (Å²) in [6, 6.07) is 16.3. The van der Waals surface area contributed by atoms with Gasteiger partial charge in [0.1, 0.15) is 5.82 Å². The molecule has 0 saturated carbocycles. The summed E-state index contributed by atoms with van der Waals surface area (Å²) < 4.78 is 0. The Morgan fingerprint density at radius 3 is 2.76 bits per heavy atom. The molecule has 0 saturated heterocycles. The smallest absolute Gasteiger partial charge is 0.229 e. The SMILES string of the molecule is Cc1cc(N2CCc3ccccc32)nc(Nc2cc(Cl)ccc2C)n1.